The number of carbonyl (C=O) groups is 1. The average molecular weight is 450 g/mol. The normalized spacial score (nSPS) is 20.4. The van der Waals surface area contributed by atoms with Crippen LogP contribution in [0, 0.1) is 0 Å². The number of H-pyrrole nitrogens is 1. The van der Waals surface area contributed by atoms with Crippen LogP contribution in [0.5, 0.6) is 0 Å². The zero-order chi connectivity index (χ0) is 22.9. The molecule has 2 unspecified atom stereocenters. The number of hydrogen-bond donors (Lipinski definition) is 2. The van der Waals surface area contributed by atoms with Crippen molar-refractivity contribution in [3.8, 4) is 11.5 Å². The van der Waals surface area contributed by atoms with E-state index in [1.165, 1.54) is 5.69 Å². The Hall–Kier alpha value is -3.59. The van der Waals surface area contributed by atoms with E-state index >= 15 is 0 Å². The summed E-state index contributed by atoms with van der Waals surface area (Å²) in [5.41, 5.74) is 4.68. The summed E-state index contributed by atoms with van der Waals surface area (Å²) in [6, 6.07) is 14.1. The van der Waals surface area contributed by atoms with Gasteiger partial charge in [-0.1, -0.05) is 0 Å². The SMILES string of the molecule is CC(=O)N1c2ccc(-c3n[nH]c(=O)o3)cc2C(Nc2ccc(N3CCOCC3)cc2)CC1C. The van der Waals surface area contributed by atoms with E-state index in [0.717, 1.165) is 49.7 Å². The maximum Gasteiger partial charge on any atom is 0.434 e. The Morgan fingerprint density at radius 1 is 1.15 bits per heavy atom. The van der Waals surface area contributed by atoms with E-state index < -0.39 is 5.76 Å². The second-order valence-electron chi connectivity index (χ2n) is 8.51. The topological polar surface area (TPSA) is 104 Å². The highest BCUT2D eigenvalue weighted by Crippen LogP contribution is 2.41. The number of benzene rings is 2. The zero-order valence-electron chi connectivity index (χ0n) is 18.7. The highest BCUT2D eigenvalue weighted by molar-refractivity contribution is 5.94. The fourth-order valence-electron chi connectivity index (χ4n) is 4.76. The smallest absolute Gasteiger partial charge is 0.388 e. The lowest BCUT2D eigenvalue weighted by atomic mass is 9.90. The monoisotopic (exact) mass is 449 g/mol. The summed E-state index contributed by atoms with van der Waals surface area (Å²) in [5, 5.41) is 9.89. The maximum absolute atomic E-state index is 12.4. The minimum absolute atomic E-state index is 0.00360. The van der Waals surface area contributed by atoms with Crippen molar-refractivity contribution in [3.05, 3.63) is 58.6 Å². The van der Waals surface area contributed by atoms with Crippen LogP contribution >= 0.6 is 0 Å². The summed E-state index contributed by atoms with van der Waals surface area (Å²) < 4.78 is 10.6. The van der Waals surface area contributed by atoms with Gasteiger partial charge in [0.05, 0.1) is 19.3 Å². The average Bonchev–Trinajstić information content (AvgIpc) is 3.26. The quantitative estimate of drug-likeness (QED) is 0.631. The Morgan fingerprint density at radius 3 is 2.58 bits per heavy atom. The van der Waals surface area contributed by atoms with Crippen molar-refractivity contribution in [3.63, 3.8) is 0 Å². The van der Waals surface area contributed by atoms with E-state index in [1.807, 2.05) is 23.1 Å². The third kappa shape index (κ3) is 4.23. The number of rotatable bonds is 4. The standard InChI is InChI=1S/C24H27N5O4/c1-15-13-21(25-18-4-6-19(7-5-18)28-9-11-32-12-10-28)20-14-17(23-26-27-24(31)33-23)3-8-22(20)29(15)16(2)30/h3-8,14-15,21,25H,9-13H2,1-2H3,(H,27,31). The molecule has 0 aliphatic carbocycles. The molecule has 2 aromatic carbocycles. The van der Waals surface area contributed by atoms with Crippen LogP contribution in [0.25, 0.3) is 11.5 Å². The van der Waals surface area contributed by atoms with Gasteiger partial charge in [-0.3, -0.25) is 4.79 Å². The lowest BCUT2D eigenvalue weighted by molar-refractivity contribution is -0.117. The van der Waals surface area contributed by atoms with Gasteiger partial charge in [0.25, 0.3) is 0 Å². The molecule has 3 heterocycles. The van der Waals surface area contributed by atoms with E-state index in [1.54, 1.807) is 6.92 Å². The van der Waals surface area contributed by atoms with Crippen molar-refractivity contribution >= 4 is 23.0 Å². The van der Waals surface area contributed by atoms with Gasteiger partial charge in [0, 0.05) is 48.7 Å². The molecular weight excluding hydrogens is 422 g/mol. The van der Waals surface area contributed by atoms with Crippen molar-refractivity contribution in [2.45, 2.75) is 32.4 Å². The van der Waals surface area contributed by atoms with E-state index in [2.05, 4.69) is 51.6 Å². The van der Waals surface area contributed by atoms with Crippen molar-refractivity contribution in [2.75, 3.05) is 41.4 Å². The van der Waals surface area contributed by atoms with Gasteiger partial charge in [-0.25, -0.2) is 9.89 Å². The summed E-state index contributed by atoms with van der Waals surface area (Å²) in [6.45, 7) is 6.94. The summed E-state index contributed by atoms with van der Waals surface area (Å²) in [6.07, 6.45) is 0.742. The third-order valence-corrected chi connectivity index (χ3v) is 6.29. The molecular formula is C24H27N5O4. The number of nitrogens with one attached hydrogen (secondary N) is 2. The molecule has 33 heavy (non-hydrogen) atoms. The van der Waals surface area contributed by atoms with E-state index in [0.29, 0.717) is 5.56 Å². The van der Waals surface area contributed by atoms with Gasteiger partial charge >= 0.3 is 5.76 Å². The van der Waals surface area contributed by atoms with Crippen LogP contribution in [0.2, 0.25) is 0 Å². The second kappa shape index (κ2) is 8.74. The molecule has 2 aliphatic heterocycles. The number of aromatic amines is 1. The minimum atomic E-state index is -0.600. The number of aromatic nitrogens is 2. The molecule has 0 bridgehead atoms. The van der Waals surface area contributed by atoms with Crippen LogP contribution in [-0.4, -0.2) is 48.4 Å². The highest BCUT2D eigenvalue weighted by atomic mass is 16.5. The number of ether oxygens (including phenoxy) is 1. The molecule has 172 valence electrons. The first kappa shape index (κ1) is 21.3. The number of fused-ring (bicyclic) bond motifs is 1. The van der Waals surface area contributed by atoms with Gasteiger partial charge in [0.15, 0.2) is 0 Å². The molecule has 1 saturated heterocycles. The van der Waals surface area contributed by atoms with Crippen molar-refractivity contribution in [2.24, 2.45) is 0 Å². The Labute approximate surface area is 191 Å². The molecule has 9 heteroatoms. The molecule has 1 aromatic heterocycles. The Morgan fingerprint density at radius 2 is 1.91 bits per heavy atom. The number of hydrogen-bond acceptors (Lipinski definition) is 7. The largest absolute Gasteiger partial charge is 0.434 e. The number of carbonyl (C=O) groups excluding carboxylic acids is 1. The van der Waals surface area contributed by atoms with Gasteiger partial charge in [-0.2, -0.15) is 0 Å². The van der Waals surface area contributed by atoms with E-state index in [9.17, 15) is 9.59 Å². The molecule has 2 aliphatic rings. The van der Waals surface area contributed by atoms with Crippen LogP contribution in [0.3, 0.4) is 0 Å². The fourth-order valence-corrected chi connectivity index (χ4v) is 4.76. The number of amides is 1. The van der Waals surface area contributed by atoms with Crippen LogP contribution in [0.1, 0.15) is 31.9 Å². The molecule has 9 nitrogen and oxygen atoms in total. The predicted molar refractivity (Wildman–Crippen MR) is 126 cm³/mol. The molecule has 2 N–H and O–H groups in total. The molecule has 2 atom stereocenters. The van der Waals surface area contributed by atoms with Crippen LogP contribution < -0.4 is 20.9 Å². The van der Waals surface area contributed by atoms with Gasteiger partial charge in [-0.05, 0) is 61.4 Å². The predicted octanol–water partition coefficient (Wildman–Crippen LogP) is 3.16. The van der Waals surface area contributed by atoms with E-state index in [4.69, 9.17) is 9.15 Å². The fraction of sp³-hybridized carbons (Fsp3) is 0.375. The first-order valence-corrected chi connectivity index (χ1v) is 11.2. The first-order chi connectivity index (χ1) is 16.0. The summed E-state index contributed by atoms with van der Waals surface area (Å²) in [7, 11) is 0. The number of nitrogens with zero attached hydrogens (tertiary/aromatic N) is 3. The van der Waals surface area contributed by atoms with Gasteiger partial charge in [-0.15, -0.1) is 5.10 Å². The Kier molecular flexibility index (Phi) is 5.63. The van der Waals surface area contributed by atoms with E-state index in [-0.39, 0.29) is 23.9 Å². The van der Waals surface area contributed by atoms with Crippen LogP contribution in [0.4, 0.5) is 17.1 Å². The first-order valence-electron chi connectivity index (χ1n) is 11.2. The zero-order valence-corrected chi connectivity index (χ0v) is 18.7. The molecule has 5 rings (SSSR count). The van der Waals surface area contributed by atoms with Crippen molar-refractivity contribution < 1.29 is 13.9 Å². The molecule has 0 spiro atoms. The minimum Gasteiger partial charge on any atom is -0.388 e. The summed E-state index contributed by atoms with van der Waals surface area (Å²) >= 11 is 0. The summed E-state index contributed by atoms with van der Waals surface area (Å²) in [5.74, 6) is -0.378. The number of anilines is 3. The summed E-state index contributed by atoms with van der Waals surface area (Å²) in [4.78, 5) is 28.0. The molecule has 1 fully saturated rings. The van der Waals surface area contributed by atoms with Gasteiger partial charge in [0.2, 0.25) is 11.8 Å². The number of morpholine rings is 1. The van der Waals surface area contributed by atoms with Crippen LogP contribution in [-0.2, 0) is 9.53 Å². The highest BCUT2D eigenvalue weighted by Gasteiger charge is 2.33. The van der Waals surface area contributed by atoms with Crippen molar-refractivity contribution in [1.29, 1.82) is 0 Å². The lowest BCUT2D eigenvalue weighted by Gasteiger charge is -2.39. The third-order valence-electron chi connectivity index (χ3n) is 6.29. The Balaban J connectivity index is 1.45. The molecule has 1 amide bonds. The molecule has 0 saturated carbocycles. The second-order valence-corrected chi connectivity index (χ2v) is 8.51. The van der Waals surface area contributed by atoms with Crippen molar-refractivity contribution in [1.82, 2.24) is 10.2 Å². The maximum atomic E-state index is 12.4. The lowest BCUT2D eigenvalue weighted by Crippen LogP contribution is -2.43. The Bertz CT molecular complexity index is 1200. The van der Waals surface area contributed by atoms with Gasteiger partial charge in [0.1, 0.15) is 0 Å². The molecule has 0 radical (unpaired) electrons. The van der Waals surface area contributed by atoms with Gasteiger partial charge < -0.3 is 24.3 Å². The molecule has 3 aromatic rings. The van der Waals surface area contributed by atoms with Crippen LogP contribution in [0.15, 0.2) is 51.7 Å².